The molecule has 270 valence electrons. The Kier molecular flexibility index (Phi) is 12.2. The fraction of sp³-hybridized carbons (Fsp3) is 0.429. The quantitative estimate of drug-likeness (QED) is 0.235. The molecule has 3 aromatic rings. The number of aromatic hydroxyl groups is 2. The summed E-state index contributed by atoms with van der Waals surface area (Å²) in [5, 5.41) is 22.6. The first kappa shape index (κ1) is 36.6. The molecule has 1 aliphatic heterocycles. The third kappa shape index (κ3) is 9.23. The predicted octanol–water partition coefficient (Wildman–Crippen LogP) is 9.48. The normalized spacial score (nSPS) is 30.3. The van der Waals surface area contributed by atoms with E-state index in [1.807, 2.05) is 42.8 Å². The van der Waals surface area contributed by atoms with Crippen molar-refractivity contribution in [2.75, 3.05) is 0 Å². The average Bonchev–Trinajstić information content (AvgIpc) is 3.15. The zero-order valence-electron chi connectivity index (χ0n) is 29.4. The summed E-state index contributed by atoms with van der Waals surface area (Å²) in [5.41, 5.74) is 4.64. The van der Waals surface area contributed by atoms with Crippen molar-refractivity contribution in [3.05, 3.63) is 90.9 Å². The predicted molar refractivity (Wildman–Crippen MR) is 222 cm³/mol. The van der Waals surface area contributed by atoms with Crippen LogP contribution in [0, 0.1) is 0 Å². The van der Waals surface area contributed by atoms with E-state index in [4.69, 9.17) is 30.0 Å². The average molecular weight is 827 g/mol. The van der Waals surface area contributed by atoms with E-state index in [2.05, 4.69) is 50.1 Å². The van der Waals surface area contributed by atoms with Crippen LogP contribution in [0.2, 0.25) is 0 Å². The van der Waals surface area contributed by atoms with Gasteiger partial charge in [0.15, 0.2) is 0 Å². The minimum atomic E-state index is -0.0273. The van der Waals surface area contributed by atoms with E-state index in [0.29, 0.717) is 22.3 Å². The Bertz CT molecular complexity index is 1920. The molecule has 1 heterocycles. The van der Waals surface area contributed by atoms with Gasteiger partial charge in [-0.1, -0.05) is 76.5 Å². The molecule has 0 radical (unpaired) electrons. The van der Waals surface area contributed by atoms with Gasteiger partial charge in [0, 0.05) is 68.5 Å². The van der Waals surface area contributed by atoms with Gasteiger partial charge in [-0.3, -0.25) is 30.0 Å². The van der Waals surface area contributed by atoms with Crippen LogP contribution in [0.3, 0.4) is 0 Å². The Hall–Kier alpha value is -3.76. The first-order valence-electron chi connectivity index (χ1n) is 18.7. The molecule has 6 atom stereocenters. The van der Waals surface area contributed by atoms with E-state index >= 15 is 0 Å². The number of phenolic OH excluding ortho intramolecular Hbond substituents is 2. The second-order valence-electron chi connectivity index (χ2n) is 14.5. The van der Waals surface area contributed by atoms with Gasteiger partial charge in [-0.2, -0.15) is 0 Å². The SMILES string of the molecule is Oc1c2cccc1/C=N/C1CCCCC1/N=C/c1cc(Br)cc(c1O)/C=N/C1CCCCC1/N=C/c1cc(Br)cc(c1)/C=N/C1CCCCC1/N=C/2. The summed E-state index contributed by atoms with van der Waals surface area (Å²) in [6, 6.07) is 15.9. The van der Waals surface area contributed by atoms with Crippen LogP contribution in [0.25, 0.3) is 0 Å². The Morgan fingerprint density at radius 2 is 0.712 bits per heavy atom. The highest BCUT2D eigenvalue weighted by molar-refractivity contribution is 9.10. The Labute approximate surface area is 323 Å². The molecule has 3 fully saturated rings. The second kappa shape index (κ2) is 17.4. The Morgan fingerprint density at radius 1 is 0.404 bits per heavy atom. The molecule has 0 saturated heterocycles. The number of aliphatic imine (C=N–C) groups is 6. The number of hydrogen-bond donors (Lipinski definition) is 2. The number of hydrogen-bond acceptors (Lipinski definition) is 8. The maximum absolute atomic E-state index is 11.4. The zero-order valence-corrected chi connectivity index (χ0v) is 32.5. The number of halogens is 2. The number of nitrogens with zero attached hydrogens (tertiary/aromatic N) is 6. The number of fused-ring (bicyclic) bond motifs is 9. The summed E-state index contributed by atoms with van der Waals surface area (Å²) in [7, 11) is 0. The van der Waals surface area contributed by atoms with Crippen LogP contribution in [0.15, 0.2) is 87.4 Å². The number of para-hydroxylation sites is 1. The van der Waals surface area contributed by atoms with Gasteiger partial charge in [0.25, 0.3) is 0 Å². The van der Waals surface area contributed by atoms with Gasteiger partial charge in [-0.05, 0) is 92.1 Å². The first-order valence-corrected chi connectivity index (χ1v) is 20.3. The van der Waals surface area contributed by atoms with Crippen molar-refractivity contribution >= 4 is 69.1 Å². The monoisotopic (exact) mass is 824 g/mol. The summed E-state index contributed by atoms with van der Waals surface area (Å²) in [6.45, 7) is 0. The summed E-state index contributed by atoms with van der Waals surface area (Å²) >= 11 is 7.35. The maximum atomic E-state index is 11.4. The molecule has 4 aliphatic rings. The molecule has 10 heteroatoms. The van der Waals surface area contributed by atoms with Crippen LogP contribution >= 0.6 is 31.9 Å². The summed E-state index contributed by atoms with van der Waals surface area (Å²) in [5.74, 6) is 0.335. The summed E-state index contributed by atoms with van der Waals surface area (Å²) in [6.07, 6.45) is 23.4. The van der Waals surface area contributed by atoms with Gasteiger partial charge in [-0.25, -0.2) is 0 Å². The van der Waals surface area contributed by atoms with Crippen molar-refractivity contribution in [1.82, 2.24) is 0 Å². The van der Waals surface area contributed by atoms with E-state index in [0.717, 1.165) is 97.1 Å². The van der Waals surface area contributed by atoms with Crippen molar-refractivity contribution in [3.63, 3.8) is 0 Å². The lowest BCUT2D eigenvalue weighted by Gasteiger charge is -2.26. The maximum Gasteiger partial charge on any atom is 0.133 e. The number of rotatable bonds is 0. The van der Waals surface area contributed by atoms with Crippen LogP contribution in [0.1, 0.15) is 110 Å². The molecule has 8 nitrogen and oxygen atoms in total. The van der Waals surface area contributed by atoms with Gasteiger partial charge in [0.2, 0.25) is 0 Å². The standard InChI is InChI=1S/C42H46Br2N6O2/c43-33-17-27-16-28(18-33)22-46-36-11-2-4-13-38(36)49-25-31-19-34(44)20-32(42(31)52)26-50-40-15-6-5-14-39(40)48-24-30-9-7-8-29(41(30)51)23-47-37-12-3-1-10-35(37)45-21-27/h7-9,16-26,35-40,51-52H,1-6,10-15H2/b45-21+,46-22+,47-23+,48-24+,49-25+,50-26+. The van der Waals surface area contributed by atoms with E-state index in [1.54, 1.807) is 24.9 Å². The highest BCUT2D eigenvalue weighted by Gasteiger charge is 2.26. The number of phenols is 2. The van der Waals surface area contributed by atoms with Gasteiger partial charge >= 0.3 is 0 Å². The Balaban J connectivity index is 1.26. The summed E-state index contributed by atoms with van der Waals surface area (Å²) in [4.78, 5) is 30.0. The Morgan fingerprint density at radius 3 is 1.10 bits per heavy atom. The van der Waals surface area contributed by atoms with E-state index in [-0.39, 0.29) is 47.8 Å². The fourth-order valence-electron chi connectivity index (χ4n) is 7.80. The first-order chi connectivity index (χ1) is 25.4. The lowest BCUT2D eigenvalue weighted by Crippen LogP contribution is -2.27. The second-order valence-corrected chi connectivity index (χ2v) is 16.3. The number of benzene rings is 3. The molecule has 2 N–H and O–H groups in total. The molecule has 0 amide bonds. The molecule has 7 rings (SSSR count). The minimum Gasteiger partial charge on any atom is -0.507 e. The molecular weight excluding hydrogens is 780 g/mol. The molecule has 3 aliphatic carbocycles. The van der Waals surface area contributed by atoms with E-state index in [9.17, 15) is 10.2 Å². The van der Waals surface area contributed by atoms with Crippen LogP contribution in [0.4, 0.5) is 0 Å². The van der Waals surface area contributed by atoms with Crippen molar-refractivity contribution in [2.45, 2.75) is 113 Å². The third-order valence-corrected chi connectivity index (χ3v) is 11.6. The molecule has 52 heavy (non-hydrogen) atoms. The van der Waals surface area contributed by atoms with Crippen molar-refractivity contribution < 1.29 is 10.2 Å². The molecule has 0 spiro atoms. The van der Waals surface area contributed by atoms with Crippen LogP contribution in [-0.2, 0) is 0 Å². The molecule has 3 aromatic carbocycles. The minimum absolute atomic E-state index is 0.0230. The largest absolute Gasteiger partial charge is 0.507 e. The third-order valence-electron chi connectivity index (χ3n) is 10.7. The molecule has 6 unspecified atom stereocenters. The topological polar surface area (TPSA) is 115 Å². The van der Waals surface area contributed by atoms with Gasteiger partial charge < -0.3 is 10.2 Å². The highest BCUT2D eigenvalue weighted by Crippen LogP contribution is 2.31. The zero-order chi connectivity index (χ0) is 35.9. The molecule has 0 aromatic heterocycles. The highest BCUT2D eigenvalue weighted by atomic mass is 79.9. The van der Waals surface area contributed by atoms with Gasteiger partial charge in [0.1, 0.15) is 11.5 Å². The molecule has 3 saturated carbocycles. The molecular formula is C42H46Br2N6O2. The van der Waals surface area contributed by atoms with Crippen molar-refractivity contribution in [2.24, 2.45) is 30.0 Å². The van der Waals surface area contributed by atoms with Gasteiger partial charge in [-0.15, -0.1) is 0 Å². The lowest BCUT2D eigenvalue weighted by atomic mass is 9.91. The van der Waals surface area contributed by atoms with Crippen LogP contribution < -0.4 is 0 Å². The van der Waals surface area contributed by atoms with E-state index < -0.39 is 0 Å². The fourth-order valence-corrected chi connectivity index (χ4v) is 8.82. The van der Waals surface area contributed by atoms with E-state index in [1.165, 1.54) is 0 Å². The smallest absolute Gasteiger partial charge is 0.133 e. The molecule has 6 bridgehead atoms. The lowest BCUT2D eigenvalue weighted by molar-refractivity contribution is 0.389. The van der Waals surface area contributed by atoms with Crippen molar-refractivity contribution in [1.29, 1.82) is 0 Å². The van der Waals surface area contributed by atoms with Crippen LogP contribution in [0.5, 0.6) is 11.5 Å². The van der Waals surface area contributed by atoms with Gasteiger partial charge in [0.05, 0.1) is 36.3 Å². The van der Waals surface area contributed by atoms with Crippen LogP contribution in [-0.4, -0.2) is 83.8 Å². The summed E-state index contributed by atoms with van der Waals surface area (Å²) < 4.78 is 1.82. The van der Waals surface area contributed by atoms with Crippen molar-refractivity contribution in [3.8, 4) is 11.5 Å².